The van der Waals surface area contributed by atoms with Crippen LogP contribution in [0.3, 0.4) is 0 Å². The molecule has 0 fully saturated rings. The maximum absolute atomic E-state index is 15.0. The van der Waals surface area contributed by atoms with Crippen molar-refractivity contribution in [2.24, 2.45) is 5.41 Å². The van der Waals surface area contributed by atoms with E-state index in [1.807, 2.05) is 13.8 Å². The second-order valence-corrected chi connectivity index (χ2v) is 7.81. The van der Waals surface area contributed by atoms with E-state index in [1.54, 1.807) is 0 Å². The number of halogens is 1. The lowest BCUT2D eigenvalue weighted by molar-refractivity contribution is -0.154. The molecular weight excluding hydrogens is 313 g/mol. The third-order valence-corrected chi connectivity index (χ3v) is 4.64. The average Bonchev–Trinajstić information content (AvgIpc) is 2.35. The molecule has 8 heteroatoms. The third kappa shape index (κ3) is 3.17. The first-order chi connectivity index (χ1) is 9.98. The van der Waals surface area contributed by atoms with Gasteiger partial charge in [0.15, 0.2) is 0 Å². The Morgan fingerprint density at radius 2 is 2.09 bits per heavy atom. The Hall–Kier alpha value is -1.41. The molecule has 0 aromatic rings. The number of ether oxygens (including phenoxy) is 1. The number of carbonyl (C=O) groups is 1. The molecule has 22 heavy (non-hydrogen) atoms. The van der Waals surface area contributed by atoms with Gasteiger partial charge in [0.1, 0.15) is 4.91 Å². The molecule has 124 valence electrons. The summed E-state index contributed by atoms with van der Waals surface area (Å²) in [7, 11) is -4.66. The van der Waals surface area contributed by atoms with E-state index in [4.69, 9.17) is 4.74 Å². The van der Waals surface area contributed by atoms with Crippen LogP contribution in [0.4, 0.5) is 4.39 Å². The van der Waals surface area contributed by atoms with Crippen molar-refractivity contribution in [1.29, 1.82) is 0 Å². The minimum atomic E-state index is -4.66. The molecule has 1 heterocycles. The first-order valence-electron chi connectivity index (χ1n) is 7.01. The van der Waals surface area contributed by atoms with Gasteiger partial charge in [-0.3, -0.25) is 4.55 Å². The average molecular weight is 333 g/mol. The summed E-state index contributed by atoms with van der Waals surface area (Å²) in [6, 6.07) is 0. The molecule has 0 radical (unpaired) electrons. The van der Waals surface area contributed by atoms with E-state index in [0.29, 0.717) is 24.6 Å². The Balaban J connectivity index is 2.52. The van der Waals surface area contributed by atoms with Gasteiger partial charge < -0.3 is 10.1 Å². The molecule has 2 rings (SSSR count). The van der Waals surface area contributed by atoms with E-state index < -0.39 is 26.7 Å². The van der Waals surface area contributed by atoms with Crippen LogP contribution in [-0.2, 0) is 19.6 Å². The van der Waals surface area contributed by atoms with Crippen molar-refractivity contribution in [2.45, 2.75) is 39.3 Å². The fourth-order valence-corrected chi connectivity index (χ4v) is 3.63. The summed E-state index contributed by atoms with van der Waals surface area (Å²) in [6.07, 6.45) is 0.786. The summed E-state index contributed by atoms with van der Waals surface area (Å²) in [5.41, 5.74) is -2.15. The molecule has 0 saturated carbocycles. The molecule has 1 aliphatic heterocycles. The lowest BCUT2D eigenvalue weighted by Crippen LogP contribution is -2.44. The van der Waals surface area contributed by atoms with Gasteiger partial charge in [-0.2, -0.15) is 8.42 Å². The number of hydrogen-bond acceptors (Lipinski definition) is 5. The number of esters is 1. The predicted molar refractivity (Wildman–Crippen MR) is 78.1 cm³/mol. The van der Waals surface area contributed by atoms with Crippen LogP contribution in [0.1, 0.15) is 33.6 Å². The molecule has 1 atom stereocenters. The Morgan fingerprint density at radius 3 is 2.64 bits per heavy atom. The lowest BCUT2D eigenvalue weighted by atomic mass is 9.76. The standard InChI is InChI=1S/C14H20FNO5S/c1-4-21-12(17)14(15)6-9-5-13(2,3)8-16-11(9)10(7-14)22(18,19)20/h7,16H,4-6,8H2,1-3H3,(H,18,19,20). The summed E-state index contributed by atoms with van der Waals surface area (Å²) >= 11 is 0. The zero-order chi connectivity index (χ0) is 16.8. The summed E-state index contributed by atoms with van der Waals surface area (Å²) in [5.74, 6) is -1.15. The molecule has 2 aliphatic rings. The van der Waals surface area contributed by atoms with Crippen molar-refractivity contribution in [3.8, 4) is 0 Å². The van der Waals surface area contributed by atoms with Crippen molar-refractivity contribution in [3.63, 3.8) is 0 Å². The molecule has 0 bridgehead atoms. The number of rotatable bonds is 3. The molecule has 6 nitrogen and oxygen atoms in total. The molecule has 0 amide bonds. The summed E-state index contributed by atoms with van der Waals surface area (Å²) in [5, 5.41) is 2.93. The maximum Gasteiger partial charge on any atom is 0.348 e. The molecule has 0 aromatic carbocycles. The second kappa shape index (κ2) is 5.34. The van der Waals surface area contributed by atoms with Crippen LogP contribution in [0.5, 0.6) is 0 Å². The SMILES string of the molecule is CCOC(=O)C1(F)C=C(S(=O)(=O)O)C2=C(CC(C)(C)CN2)C1. The van der Waals surface area contributed by atoms with Gasteiger partial charge >= 0.3 is 5.97 Å². The number of hydrogen-bond donors (Lipinski definition) is 2. The van der Waals surface area contributed by atoms with Crippen LogP contribution in [0, 0.1) is 5.41 Å². The van der Waals surface area contributed by atoms with Gasteiger partial charge in [0.2, 0.25) is 5.67 Å². The Bertz CT molecular complexity index is 665. The van der Waals surface area contributed by atoms with Crippen LogP contribution in [0.15, 0.2) is 22.3 Å². The molecule has 1 aliphatic carbocycles. The highest BCUT2D eigenvalue weighted by Gasteiger charge is 2.47. The van der Waals surface area contributed by atoms with E-state index in [9.17, 15) is 22.2 Å². The lowest BCUT2D eigenvalue weighted by Gasteiger charge is -2.38. The number of allylic oxidation sites excluding steroid dienone is 1. The maximum atomic E-state index is 15.0. The fourth-order valence-electron chi connectivity index (χ4n) is 2.82. The number of carbonyl (C=O) groups excluding carboxylic acids is 1. The quantitative estimate of drug-likeness (QED) is 0.603. The smallest absolute Gasteiger partial charge is 0.348 e. The van der Waals surface area contributed by atoms with E-state index in [0.717, 1.165) is 0 Å². The van der Waals surface area contributed by atoms with Gasteiger partial charge in [-0.1, -0.05) is 13.8 Å². The minimum Gasteiger partial charge on any atom is -0.463 e. The highest BCUT2D eigenvalue weighted by molar-refractivity contribution is 7.90. The Morgan fingerprint density at radius 1 is 1.45 bits per heavy atom. The van der Waals surface area contributed by atoms with Gasteiger partial charge in [-0.15, -0.1) is 0 Å². The van der Waals surface area contributed by atoms with Crippen LogP contribution in [0.2, 0.25) is 0 Å². The van der Waals surface area contributed by atoms with Crippen molar-refractivity contribution >= 4 is 16.1 Å². The van der Waals surface area contributed by atoms with Crippen molar-refractivity contribution in [2.75, 3.05) is 13.2 Å². The predicted octanol–water partition coefficient (Wildman–Crippen LogP) is 1.71. The van der Waals surface area contributed by atoms with Crippen molar-refractivity contribution < 1.29 is 26.9 Å². The summed E-state index contributed by atoms with van der Waals surface area (Å²) in [4.78, 5) is 11.3. The highest BCUT2D eigenvalue weighted by Crippen LogP contribution is 2.43. The topological polar surface area (TPSA) is 92.7 Å². The van der Waals surface area contributed by atoms with Gasteiger partial charge in [0, 0.05) is 13.0 Å². The fraction of sp³-hybridized carbons (Fsp3) is 0.643. The highest BCUT2D eigenvalue weighted by atomic mass is 32.2. The van der Waals surface area contributed by atoms with E-state index in [-0.39, 0.29) is 24.1 Å². The van der Waals surface area contributed by atoms with Crippen LogP contribution in [-0.4, -0.2) is 37.8 Å². The minimum absolute atomic E-state index is 0.0187. The molecule has 0 aromatic heterocycles. The summed E-state index contributed by atoms with van der Waals surface area (Å²) < 4.78 is 52.2. The van der Waals surface area contributed by atoms with Crippen molar-refractivity contribution in [3.05, 3.63) is 22.3 Å². The zero-order valence-electron chi connectivity index (χ0n) is 12.8. The van der Waals surface area contributed by atoms with E-state index in [2.05, 4.69) is 5.32 Å². The first-order valence-corrected chi connectivity index (χ1v) is 8.45. The summed E-state index contributed by atoms with van der Waals surface area (Å²) in [6.45, 7) is 5.89. The van der Waals surface area contributed by atoms with E-state index >= 15 is 0 Å². The number of nitrogens with one attached hydrogen (secondary N) is 1. The Labute approximate surface area is 129 Å². The molecular formula is C14H20FNO5S. The van der Waals surface area contributed by atoms with Crippen LogP contribution in [0.25, 0.3) is 0 Å². The zero-order valence-corrected chi connectivity index (χ0v) is 13.6. The van der Waals surface area contributed by atoms with Crippen molar-refractivity contribution in [1.82, 2.24) is 5.32 Å². The molecule has 0 saturated heterocycles. The van der Waals surface area contributed by atoms with E-state index in [1.165, 1.54) is 6.92 Å². The first kappa shape index (κ1) is 17.0. The molecule has 2 N–H and O–H groups in total. The van der Waals surface area contributed by atoms with Crippen LogP contribution >= 0.6 is 0 Å². The molecule has 1 unspecified atom stereocenters. The van der Waals surface area contributed by atoms with Gasteiger partial charge in [0.05, 0.1) is 12.3 Å². The van der Waals surface area contributed by atoms with Gasteiger partial charge in [0.25, 0.3) is 10.1 Å². The largest absolute Gasteiger partial charge is 0.463 e. The third-order valence-electron chi connectivity index (χ3n) is 3.76. The van der Waals surface area contributed by atoms with Gasteiger partial charge in [-0.25, -0.2) is 9.18 Å². The monoisotopic (exact) mass is 333 g/mol. The second-order valence-electron chi connectivity index (χ2n) is 6.42. The normalized spacial score (nSPS) is 27.6. The Kier molecular flexibility index (Phi) is 4.12. The van der Waals surface area contributed by atoms with Gasteiger partial charge in [-0.05, 0) is 30.4 Å². The number of alkyl halides is 1. The van der Waals surface area contributed by atoms with Crippen LogP contribution < -0.4 is 5.32 Å². The molecule has 0 spiro atoms.